The quantitative estimate of drug-likeness (QED) is 0.541. The molecule has 0 saturated carbocycles. The van der Waals surface area contributed by atoms with Gasteiger partial charge >= 0.3 is 0 Å². The van der Waals surface area contributed by atoms with Crippen molar-refractivity contribution < 1.29 is 9.53 Å². The van der Waals surface area contributed by atoms with Crippen LogP contribution in [-0.2, 0) is 7.05 Å². The summed E-state index contributed by atoms with van der Waals surface area (Å²) in [6.07, 6.45) is 0. The molecule has 0 bridgehead atoms. The average molecular weight is 289 g/mol. The molecule has 112 valence electrons. The zero-order valence-electron chi connectivity index (χ0n) is 12.1. The summed E-state index contributed by atoms with van der Waals surface area (Å²) in [4.78, 5) is 11.4. The highest BCUT2D eigenvalue weighted by Crippen LogP contribution is 2.18. The monoisotopic (exact) mass is 289 g/mol. The molecule has 0 aliphatic heterocycles. The van der Waals surface area contributed by atoms with Crippen LogP contribution >= 0.6 is 0 Å². The summed E-state index contributed by atoms with van der Waals surface area (Å²) >= 11 is 0. The fraction of sp³-hybridized carbons (Fsp3) is 0.286. The summed E-state index contributed by atoms with van der Waals surface area (Å²) in [5.74, 6) is 0.839. The third-order valence-corrected chi connectivity index (χ3v) is 3.01. The van der Waals surface area contributed by atoms with Gasteiger partial charge in [-0.3, -0.25) is 9.48 Å². The molecule has 0 spiro atoms. The first kappa shape index (κ1) is 14.7. The number of hydrogen-bond donors (Lipinski definition) is 3. The van der Waals surface area contributed by atoms with Crippen molar-refractivity contribution >= 4 is 17.4 Å². The molecule has 1 aromatic heterocycles. The second-order valence-corrected chi connectivity index (χ2v) is 4.64. The minimum atomic E-state index is -0.498. The van der Waals surface area contributed by atoms with Gasteiger partial charge < -0.3 is 21.5 Å². The molecule has 7 heteroatoms. The molecule has 7 nitrogen and oxygen atoms in total. The van der Waals surface area contributed by atoms with Crippen LogP contribution in [0.4, 0.5) is 11.5 Å². The number of nitrogens with one attached hydrogen (secondary N) is 1. The smallest absolute Gasteiger partial charge is 0.254 e. The van der Waals surface area contributed by atoms with Crippen LogP contribution in [0.2, 0.25) is 0 Å². The number of carbonyl (C=O) groups is 1. The average Bonchev–Trinajstić information content (AvgIpc) is 2.71. The van der Waals surface area contributed by atoms with Gasteiger partial charge in [0.2, 0.25) is 0 Å². The number of ether oxygens (including phenoxy) is 1. The van der Waals surface area contributed by atoms with Gasteiger partial charge in [0.25, 0.3) is 5.91 Å². The largest absolute Gasteiger partial charge is 0.492 e. The molecule has 1 amide bonds. The normalized spacial score (nSPS) is 10.4. The molecule has 1 aromatic carbocycles. The standard InChI is InChI=1S/C14H19N5O2/c1-9-12(13(16)20)14(19(2)18-9)17-7-8-21-11-5-3-10(15)4-6-11/h3-6,17H,7-8,15H2,1-2H3,(H2,16,20). The highest BCUT2D eigenvalue weighted by atomic mass is 16.5. The van der Waals surface area contributed by atoms with Crippen LogP contribution in [0.1, 0.15) is 16.1 Å². The Morgan fingerprint density at radius 1 is 1.38 bits per heavy atom. The van der Waals surface area contributed by atoms with E-state index in [9.17, 15) is 4.79 Å². The van der Waals surface area contributed by atoms with E-state index in [-0.39, 0.29) is 0 Å². The Hall–Kier alpha value is -2.70. The second kappa shape index (κ2) is 6.17. The SMILES string of the molecule is Cc1nn(C)c(NCCOc2ccc(N)cc2)c1C(N)=O. The maximum absolute atomic E-state index is 11.4. The van der Waals surface area contributed by atoms with Crippen LogP contribution in [0.25, 0.3) is 0 Å². The number of benzene rings is 1. The molecule has 0 aliphatic rings. The van der Waals surface area contributed by atoms with E-state index in [4.69, 9.17) is 16.2 Å². The first-order valence-corrected chi connectivity index (χ1v) is 6.54. The highest BCUT2D eigenvalue weighted by molar-refractivity contribution is 5.98. The van der Waals surface area contributed by atoms with E-state index >= 15 is 0 Å². The highest BCUT2D eigenvalue weighted by Gasteiger charge is 2.17. The van der Waals surface area contributed by atoms with Crippen LogP contribution < -0.4 is 21.5 Å². The Balaban J connectivity index is 1.92. The van der Waals surface area contributed by atoms with Crippen molar-refractivity contribution in [2.45, 2.75) is 6.92 Å². The van der Waals surface area contributed by atoms with Gasteiger partial charge in [0.05, 0.1) is 12.2 Å². The van der Waals surface area contributed by atoms with Crippen molar-refractivity contribution in [2.75, 3.05) is 24.2 Å². The maximum atomic E-state index is 11.4. The van der Waals surface area contributed by atoms with Gasteiger partial charge in [0, 0.05) is 12.7 Å². The zero-order valence-corrected chi connectivity index (χ0v) is 12.1. The molecular weight excluding hydrogens is 270 g/mol. The number of carbonyl (C=O) groups excluding carboxylic acids is 1. The van der Waals surface area contributed by atoms with Crippen molar-refractivity contribution in [3.63, 3.8) is 0 Å². The summed E-state index contributed by atoms with van der Waals surface area (Å²) in [6, 6.07) is 7.16. The molecular formula is C14H19N5O2. The lowest BCUT2D eigenvalue weighted by Gasteiger charge is -2.10. The van der Waals surface area contributed by atoms with Gasteiger partial charge in [-0.05, 0) is 31.2 Å². The lowest BCUT2D eigenvalue weighted by Crippen LogP contribution is -2.18. The van der Waals surface area contributed by atoms with Crippen LogP contribution in [0, 0.1) is 6.92 Å². The number of anilines is 2. The number of hydrogen-bond acceptors (Lipinski definition) is 5. The van der Waals surface area contributed by atoms with Crippen molar-refractivity contribution in [3.8, 4) is 5.75 Å². The number of amides is 1. The molecule has 0 atom stereocenters. The van der Waals surface area contributed by atoms with Gasteiger partial charge in [-0.2, -0.15) is 5.10 Å². The van der Waals surface area contributed by atoms with E-state index in [0.29, 0.717) is 35.9 Å². The number of aromatic nitrogens is 2. The lowest BCUT2D eigenvalue weighted by molar-refractivity contribution is 0.100. The van der Waals surface area contributed by atoms with Crippen molar-refractivity contribution in [2.24, 2.45) is 12.8 Å². The summed E-state index contributed by atoms with van der Waals surface area (Å²) in [6.45, 7) is 2.70. The maximum Gasteiger partial charge on any atom is 0.254 e. The van der Waals surface area contributed by atoms with Crippen LogP contribution in [0.15, 0.2) is 24.3 Å². The van der Waals surface area contributed by atoms with E-state index in [1.165, 1.54) is 0 Å². The molecule has 0 fully saturated rings. The van der Waals surface area contributed by atoms with Gasteiger partial charge in [0.15, 0.2) is 0 Å². The third kappa shape index (κ3) is 3.44. The van der Waals surface area contributed by atoms with E-state index in [0.717, 1.165) is 5.75 Å². The Labute approximate surface area is 122 Å². The van der Waals surface area contributed by atoms with E-state index in [1.807, 2.05) is 0 Å². The van der Waals surface area contributed by atoms with E-state index in [1.54, 1.807) is 42.9 Å². The Morgan fingerprint density at radius 3 is 2.67 bits per heavy atom. The number of aryl methyl sites for hydroxylation is 2. The van der Waals surface area contributed by atoms with Crippen LogP contribution in [0.5, 0.6) is 5.75 Å². The summed E-state index contributed by atoms with van der Waals surface area (Å²) < 4.78 is 7.16. The molecule has 0 radical (unpaired) electrons. The van der Waals surface area contributed by atoms with Gasteiger partial charge in [-0.15, -0.1) is 0 Å². The topological polar surface area (TPSA) is 108 Å². The third-order valence-electron chi connectivity index (χ3n) is 3.01. The molecule has 1 heterocycles. The molecule has 0 saturated heterocycles. The van der Waals surface area contributed by atoms with Crippen molar-refractivity contribution in [3.05, 3.63) is 35.5 Å². The first-order chi connectivity index (χ1) is 9.99. The Morgan fingerprint density at radius 2 is 2.05 bits per heavy atom. The predicted molar refractivity (Wildman–Crippen MR) is 81.3 cm³/mol. The number of nitrogen functional groups attached to an aromatic ring is 1. The Bertz CT molecular complexity index is 634. The lowest BCUT2D eigenvalue weighted by atomic mass is 10.2. The van der Waals surface area contributed by atoms with Crippen molar-refractivity contribution in [1.82, 2.24) is 9.78 Å². The Kier molecular flexibility index (Phi) is 4.32. The van der Waals surface area contributed by atoms with Gasteiger partial charge in [0.1, 0.15) is 23.7 Å². The van der Waals surface area contributed by atoms with Crippen molar-refractivity contribution in [1.29, 1.82) is 0 Å². The zero-order chi connectivity index (χ0) is 15.4. The first-order valence-electron chi connectivity index (χ1n) is 6.54. The minimum absolute atomic E-state index is 0.407. The fourth-order valence-corrected chi connectivity index (χ4v) is 2.06. The molecule has 5 N–H and O–H groups in total. The van der Waals surface area contributed by atoms with Crippen LogP contribution in [-0.4, -0.2) is 28.8 Å². The fourth-order valence-electron chi connectivity index (χ4n) is 2.06. The minimum Gasteiger partial charge on any atom is -0.492 e. The van der Waals surface area contributed by atoms with Gasteiger partial charge in [-0.25, -0.2) is 0 Å². The number of nitrogens with two attached hydrogens (primary N) is 2. The van der Waals surface area contributed by atoms with E-state index < -0.39 is 5.91 Å². The molecule has 0 aliphatic carbocycles. The summed E-state index contributed by atoms with van der Waals surface area (Å²) in [7, 11) is 1.75. The molecule has 21 heavy (non-hydrogen) atoms. The predicted octanol–water partition coefficient (Wildman–Crippen LogP) is 0.901. The molecule has 0 unspecified atom stereocenters. The summed E-state index contributed by atoms with van der Waals surface area (Å²) in [5.41, 5.74) is 12.7. The summed E-state index contributed by atoms with van der Waals surface area (Å²) in [5, 5.41) is 7.29. The van der Waals surface area contributed by atoms with Crippen LogP contribution in [0.3, 0.4) is 0 Å². The molecule has 2 rings (SSSR count). The number of primary amides is 1. The van der Waals surface area contributed by atoms with E-state index in [2.05, 4.69) is 10.4 Å². The van der Waals surface area contributed by atoms with Gasteiger partial charge in [-0.1, -0.05) is 0 Å². The number of rotatable bonds is 6. The number of nitrogens with zero attached hydrogens (tertiary/aromatic N) is 2. The molecule has 2 aromatic rings. The second-order valence-electron chi connectivity index (χ2n) is 4.64.